The van der Waals surface area contributed by atoms with Crippen molar-refractivity contribution in [1.82, 2.24) is 9.88 Å². The number of aryl methyl sites for hydroxylation is 2. The molecular weight excluding hydrogens is 304 g/mol. The van der Waals surface area contributed by atoms with Gasteiger partial charge in [0, 0.05) is 22.5 Å². The van der Waals surface area contributed by atoms with Crippen molar-refractivity contribution in [3.05, 3.63) is 63.5 Å². The summed E-state index contributed by atoms with van der Waals surface area (Å²) in [5, 5.41) is 3.03. The van der Waals surface area contributed by atoms with Crippen LogP contribution in [0.2, 0.25) is 0 Å². The van der Waals surface area contributed by atoms with E-state index in [1.807, 2.05) is 36.9 Å². The van der Waals surface area contributed by atoms with Crippen LogP contribution >= 0.6 is 11.3 Å². The summed E-state index contributed by atoms with van der Waals surface area (Å²) in [7, 11) is 0. The zero-order valence-electron chi connectivity index (χ0n) is 13.2. The fourth-order valence-corrected chi connectivity index (χ4v) is 4.08. The van der Waals surface area contributed by atoms with Crippen molar-refractivity contribution < 1.29 is 4.79 Å². The second-order valence-corrected chi connectivity index (χ2v) is 7.13. The molecule has 1 aliphatic rings. The second kappa shape index (κ2) is 5.46. The van der Waals surface area contributed by atoms with Gasteiger partial charge in [0.2, 0.25) is 0 Å². The normalized spacial score (nSPS) is 17.3. The van der Waals surface area contributed by atoms with Crippen LogP contribution in [0, 0.1) is 13.8 Å². The molecule has 4 rings (SSSR count). The predicted molar refractivity (Wildman–Crippen MR) is 93.9 cm³/mol. The van der Waals surface area contributed by atoms with Gasteiger partial charge in [-0.15, -0.1) is 11.3 Å². The van der Waals surface area contributed by atoms with E-state index in [0.29, 0.717) is 0 Å². The summed E-state index contributed by atoms with van der Waals surface area (Å²) in [4.78, 5) is 20.9. The van der Waals surface area contributed by atoms with Crippen LogP contribution in [0.25, 0.3) is 10.9 Å². The van der Waals surface area contributed by atoms with Gasteiger partial charge in [-0.1, -0.05) is 17.7 Å². The van der Waals surface area contributed by atoms with Crippen molar-refractivity contribution in [3.8, 4) is 0 Å². The fourth-order valence-electron chi connectivity index (χ4n) is 3.21. The molecular formula is C19H18N2OS. The maximum absolute atomic E-state index is 13.1. The molecule has 1 aliphatic heterocycles. The smallest absolute Gasteiger partial charge is 0.255 e. The highest BCUT2D eigenvalue weighted by molar-refractivity contribution is 7.10. The number of carbonyl (C=O) groups excluding carboxylic acids is 1. The van der Waals surface area contributed by atoms with E-state index in [-0.39, 0.29) is 11.9 Å². The summed E-state index contributed by atoms with van der Waals surface area (Å²) in [5.74, 6) is 0.121. The van der Waals surface area contributed by atoms with Gasteiger partial charge in [0.25, 0.3) is 5.91 Å². The molecule has 23 heavy (non-hydrogen) atoms. The van der Waals surface area contributed by atoms with Crippen LogP contribution in [0.1, 0.15) is 39.0 Å². The zero-order chi connectivity index (χ0) is 16.0. The Hall–Kier alpha value is -2.20. The molecule has 1 amide bonds. The third-order valence-corrected chi connectivity index (χ3v) is 5.45. The number of pyridine rings is 1. The maximum atomic E-state index is 13.1. The molecule has 3 aromatic rings. The first-order valence-corrected chi connectivity index (χ1v) is 8.74. The summed E-state index contributed by atoms with van der Waals surface area (Å²) in [6, 6.07) is 12.4. The highest BCUT2D eigenvalue weighted by Gasteiger charge is 2.35. The summed E-state index contributed by atoms with van der Waals surface area (Å²) >= 11 is 1.73. The van der Waals surface area contributed by atoms with Crippen LogP contribution < -0.4 is 0 Å². The number of likely N-dealkylation sites (tertiary alicyclic amines) is 1. The molecule has 0 unspecified atom stereocenters. The van der Waals surface area contributed by atoms with Gasteiger partial charge in [0.1, 0.15) is 0 Å². The molecule has 0 N–H and O–H groups in total. The molecule has 0 saturated carbocycles. The molecule has 3 nitrogen and oxygen atoms in total. The first-order valence-electron chi connectivity index (χ1n) is 7.86. The van der Waals surface area contributed by atoms with E-state index in [4.69, 9.17) is 0 Å². The number of fused-ring (bicyclic) bond motifs is 1. The van der Waals surface area contributed by atoms with Gasteiger partial charge < -0.3 is 4.90 Å². The third kappa shape index (κ3) is 2.43. The van der Waals surface area contributed by atoms with E-state index in [0.717, 1.165) is 40.7 Å². The molecule has 3 heterocycles. The first-order chi connectivity index (χ1) is 11.1. The number of thiophene rings is 1. The molecule has 1 saturated heterocycles. The van der Waals surface area contributed by atoms with Crippen molar-refractivity contribution in [2.24, 2.45) is 0 Å². The van der Waals surface area contributed by atoms with E-state index in [2.05, 4.69) is 28.6 Å². The SMILES string of the molecule is Cc1ccc2nc(C)cc(C(=O)N3CC[C@H]3c3cccs3)c2c1. The molecule has 1 fully saturated rings. The highest BCUT2D eigenvalue weighted by Crippen LogP contribution is 2.37. The quantitative estimate of drug-likeness (QED) is 0.696. The van der Waals surface area contributed by atoms with Crippen molar-refractivity contribution in [3.63, 3.8) is 0 Å². The number of carbonyl (C=O) groups is 1. The predicted octanol–water partition coefficient (Wildman–Crippen LogP) is 4.50. The Morgan fingerprint density at radius 1 is 1.26 bits per heavy atom. The van der Waals surface area contributed by atoms with Crippen LogP contribution in [-0.4, -0.2) is 22.3 Å². The van der Waals surface area contributed by atoms with Crippen LogP contribution in [0.15, 0.2) is 41.8 Å². The van der Waals surface area contributed by atoms with Gasteiger partial charge in [-0.05, 0) is 49.9 Å². The summed E-state index contributed by atoms with van der Waals surface area (Å²) in [6.45, 7) is 4.82. The Morgan fingerprint density at radius 2 is 2.13 bits per heavy atom. The lowest BCUT2D eigenvalue weighted by Gasteiger charge is -2.40. The van der Waals surface area contributed by atoms with Gasteiger partial charge in [-0.2, -0.15) is 0 Å². The lowest BCUT2D eigenvalue weighted by atomic mass is 9.97. The van der Waals surface area contributed by atoms with E-state index >= 15 is 0 Å². The minimum absolute atomic E-state index is 0.121. The number of aromatic nitrogens is 1. The Kier molecular flexibility index (Phi) is 3.42. The Morgan fingerprint density at radius 3 is 2.83 bits per heavy atom. The number of benzene rings is 1. The number of hydrogen-bond donors (Lipinski definition) is 0. The standard InChI is InChI=1S/C19H18N2OS/c1-12-5-6-16-14(10-12)15(11-13(2)20-16)19(22)21-8-7-17(21)18-4-3-9-23-18/h3-6,9-11,17H,7-8H2,1-2H3/t17-/m0/s1. The monoisotopic (exact) mass is 322 g/mol. The summed E-state index contributed by atoms with van der Waals surface area (Å²) in [6.07, 6.45) is 1.05. The third-order valence-electron chi connectivity index (χ3n) is 4.47. The molecule has 4 heteroatoms. The highest BCUT2D eigenvalue weighted by atomic mass is 32.1. The minimum atomic E-state index is 0.121. The average molecular weight is 322 g/mol. The van der Waals surface area contributed by atoms with E-state index < -0.39 is 0 Å². The van der Waals surface area contributed by atoms with E-state index in [1.54, 1.807) is 11.3 Å². The van der Waals surface area contributed by atoms with Crippen molar-refractivity contribution >= 4 is 28.1 Å². The summed E-state index contributed by atoms with van der Waals surface area (Å²) < 4.78 is 0. The van der Waals surface area contributed by atoms with Gasteiger partial charge in [-0.3, -0.25) is 9.78 Å². The summed E-state index contributed by atoms with van der Waals surface area (Å²) in [5.41, 5.74) is 3.71. The van der Waals surface area contributed by atoms with E-state index in [1.165, 1.54) is 4.88 Å². The van der Waals surface area contributed by atoms with Crippen LogP contribution in [0.3, 0.4) is 0 Å². The Bertz CT molecular complexity index is 886. The molecule has 0 bridgehead atoms. The van der Waals surface area contributed by atoms with Gasteiger partial charge >= 0.3 is 0 Å². The van der Waals surface area contributed by atoms with Crippen LogP contribution in [0.5, 0.6) is 0 Å². The Labute approximate surface area is 139 Å². The molecule has 1 aromatic carbocycles. The van der Waals surface area contributed by atoms with Crippen molar-refractivity contribution in [2.75, 3.05) is 6.54 Å². The van der Waals surface area contributed by atoms with Crippen molar-refractivity contribution in [2.45, 2.75) is 26.3 Å². The first kappa shape index (κ1) is 14.4. The van der Waals surface area contributed by atoms with Gasteiger partial charge in [0.05, 0.1) is 17.1 Å². The topological polar surface area (TPSA) is 33.2 Å². The fraction of sp³-hybridized carbons (Fsp3) is 0.263. The van der Waals surface area contributed by atoms with Crippen LogP contribution in [0.4, 0.5) is 0 Å². The maximum Gasteiger partial charge on any atom is 0.255 e. The molecule has 2 aromatic heterocycles. The van der Waals surface area contributed by atoms with Gasteiger partial charge in [0.15, 0.2) is 0 Å². The average Bonchev–Trinajstić information content (AvgIpc) is 2.99. The number of nitrogens with zero attached hydrogens (tertiary/aromatic N) is 2. The number of hydrogen-bond acceptors (Lipinski definition) is 3. The number of amides is 1. The lowest BCUT2D eigenvalue weighted by Crippen LogP contribution is -2.44. The largest absolute Gasteiger partial charge is 0.331 e. The van der Waals surface area contributed by atoms with Crippen LogP contribution in [-0.2, 0) is 0 Å². The molecule has 1 atom stereocenters. The molecule has 0 aliphatic carbocycles. The lowest BCUT2D eigenvalue weighted by molar-refractivity contribution is 0.0470. The number of rotatable bonds is 2. The zero-order valence-corrected chi connectivity index (χ0v) is 14.1. The minimum Gasteiger partial charge on any atom is -0.331 e. The van der Waals surface area contributed by atoms with Gasteiger partial charge in [-0.25, -0.2) is 0 Å². The molecule has 0 spiro atoms. The molecule has 116 valence electrons. The molecule has 0 radical (unpaired) electrons. The van der Waals surface area contributed by atoms with Crippen molar-refractivity contribution in [1.29, 1.82) is 0 Å². The second-order valence-electron chi connectivity index (χ2n) is 6.15. The Balaban J connectivity index is 1.76. The van der Waals surface area contributed by atoms with E-state index in [9.17, 15) is 4.79 Å².